The Morgan fingerprint density at radius 2 is 1.89 bits per heavy atom. The van der Waals surface area contributed by atoms with E-state index in [0.29, 0.717) is 9.92 Å². The predicted octanol–water partition coefficient (Wildman–Crippen LogP) is 4.34. The molecule has 0 fully saturated rings. The Balaban J connectivity index is 1.55. The van der Waals surface area contributed by atoms with Crippen LogP contribution in [0.2, 0.25) is 5.02 Å². The number of rotatable bonds is 2. The van der Waals surface area contributed by atoms with E-state index in [0.717, 1.165) is 47.0 Å². The van der Waals surface area contributed by atoms with Crippen LogP contribution in [0.5, 0.6) is 0 Å². The van der Waals surface area contributed by atoms with Gasteiger partial charge < -0.3 is 9.88 Å². The Kier molecular flexibility index (Phi) is 3.89. The van der Waals surface area contributed by atoms with Crippen molar-refractivity contribution in [2.45, 2.75) is 17.9 Å². The standard InChI is InChI=1S/C21H18ClN3O2S/c1-28(26,27)15-5-3-14(4-6-15)25-9-8-19-18(12-25)17-11-23-20-10-13(22)2-7-16(20)21(17)24-19/h2-7,10-11,24H,8-9,12H2,1H3. The van der Waals surface area contributed by atoms with E-state index >= 15 is 0 Å². The molecule has 1 N–H and O–H groups in total. The van der Waals surface area contributed by atoms with E-state index in [2.05, 4.69) is 14.9 Å². The summed E-state index contributed by atoms with van der Waals surface area (Å²) in [6.07, 6.45) is 4.04. The van der Waals surface area contributed by atoms with Gasteiger partial charge in [-0.05, 0) is 42.5 Å². The van der Waals surface area contributed by atoms with Crippen LogP contribution in [0.25, 0.3) is 21.8 Å². The van der Waals surface area contributed by atoms with E-state index in [1.54, 1.807) is 12.1 Å². The quantitative estimate of drug-likeness (QED) is 0.533. The van der Waals surface area contributed by atoms with Crippen molar-refractivity contribution >= 4 is 48.9 Å². The molecule has 7 heteroatoms. The van der Waals surface area contributed by atoms with Crippen LogP contribution in [-0.4, -0.2) is 31.2 Å². The Hall–Kier alpha value is -2.57. The number of hydrogen-bond acceptors (Lipinski definition) is 4. The van der Waals surface area contributed by atoms with Gasteiger partial charge in [0.25, 0.3) is 0 Å². The number of nitrogens with one attached hydrogen (secondary N) is 1. The van der Waals surface area contributed by atoms with Gasteiger partial charge in [0.15, 0.2) is 9.84 Å². The maximum atomic E-state index is 11.7. The van der Waals surface area contributed by atoms with Crippen molar-refractivity contribution in [3.63, 3.8) is 0 Å². The van der Waals surface area contributed by atoms with Crippen molar-refractivity contribution in [1.29, 1.82) is 0 Å². The lowest BCUT2D eigenvalue weighted by molar-refractivity contribution is 0.602. The van der Waals surface area contributed by atoms with Crippen molar-refractivity contribution < 1.29 is 8.42 Å². The van der Waals surface area contributed by atoms with Crippen molar-refractivity contribution in [3.8, 4) is 0 Å². The monoisotopic (exact) mass is 411 g/mol. The second kappa shape index (κ2) is 6.22. The number of sulfone groups is 1. The molecule has 0 atom stereocenters. The molecule has 0 amide bonds. The molecule has 4 aromatic rings. The minimum Gasteiger partial charge on any atom is -0.367 e. The third-order valence-corrected chi connectivity index (χ3v) is 6.77. The summed E-state index contributed by atoms with van der Waals surface area (Å²) >= 11 is 6.10. The second-order valence-corrected chi connectivity index (χ2v) is 9.68. The molecule has 0 saturated heterocycles. The number of nitrogens with zero attached hydrogens (tertiary/aromatic N) is 2. The topological polar surface area (TPSA) is 66.1 Å². The van der Waals surface area contributed by atoms with Crippen LogP contribution in [0.15, 0.2) is 53.6 Å². The molecule has 2 aromatic carbocycles. The smallest absolute Gasteiger partial charge is 0.175 e. The third kappa shape index (κ3) is 2.84. The number of hydrogen-bond donors (Lipinski definition) is 1. The summed E-state index contributed by atoms with van der Waals surface area (Å²) in [4.78, 5) is 10.8. The third-order valence-electron chi connectivity index (χ3n) is 5.41. The number of anilines is 1. The summed E-state index contributed by atoms with van der Waals surface area (Å²) < 4.78 is 23.4. The number of fused-ring (bicyclic) bond motifs is 5. The summed E-state index contributed by atoms with van der Waals surface area (Å²) in [6.45, 7) is 1.63. The molecule has 0 aliphatic carbocycles. The first-order chi connectivity index (χ1) is 13.4. The Labute approximate surface area is 167 Å². The fourth-order valence-corrected chi connectivity index (χ4v) is 4.75. The molecule has 142 valence electrons. The molecule has 0 bridgehead atoms. The van der Waals surface area contributed by atoms with Crippen LogP contribution in [0, 0.1) is 0 Å². The highest BCUT2D eigenvalue weighted by molar-refractivity contribution is 7.90. The molecule has 2 aromatic heterocycles. The van der Waals surface area contributed by atoms with Gasteiger partial charge in [0.05, 0.1) is 15.9 Å². The number of H-pyrrole nitrogens is 1. The molecule has 0 spiro atoms. The van der Waals surface area contributed by atoms with Gasteiger partial charge in [-0.15, -0.1) is 0 Å². The lowest BCUT2D eigenvalue weighted by Crippen LogP contribution is -2.30. The summed E-state index contributed by atoms with van der Waals surface area (Å²) in [5, 5.41) is 2.88. The van der Waals surface area contributed by atoms with Crippen LogP contribution in [0.3, 0.4) is 0 Å². The van der Waals surface area contributed by atoms with Gasteiger partial charge in [-0.3, -0.25) is 4.98 Å². The lowest BCUT2D eigenvalue weighted by atomic mass is 10.0. The van der Waals surface area contributed by atoms with Crippen LogP contribution in [-0.2, 0) is 22.8 Å². The Bertz CT molecular complexity index is 1330. The Morgan fingerprint density at radius 3 is 2.64 bits per heavy atom. The Morgan fingerprint density at radius 1 is 1.11 bits per heavy atom. The average Bonchev–Trinajstić information content (AvgIpc) is 3.05. The number of halogens is 1. The van der Waals surface area contributed by atoms with Gasteiger partial charge in [0.1, 0.15) is 0 Å². The molecule has 28 heavy (non-hydrogen) atoms. The summed E-state index contributed by atoms with van der Waals surface area (Å²) in [5.41, 5.74) is 5.49. The molecular formula is C21H18ClN3O2S. The van der Waals surface area contributed by atoms with Gasteiger partial charge in [-0.2, -0.15) is 0 Å². The molecule has 0 unspecified atom stereocenters. The molecule has 3 heterocycles. The van der Waals surface area contributed by atoms with E-state index < -0.39 is 9.84 Å². The fraction of sp³-hybridized carbons (Fsp3) is 0.190. The number of pyridine rings is 1. The summed E-state index contributed by atoms with van der Waals surface area (Å²) in [7, 11) is -3.18. The molecule has 1 aliphatic heterocycles. The van der Waals surface area contributed by atoms with E-state index in [4.69, 9.17) is 11.6 Å². The van der Waals surface area contributed by atoms with Gasteiger partial charge in [0.2, 0.25) is 0 Å². The fourth-order valence-electron chi connectivity index (χ4n) is 3.95. The normalized spacial score (nSPS) is 14.6. The first-order valence-corrected chi connectivity index (χ1v) is 11.3. The van der Waals surface area contributed by atoms with Gasteiger partial charge in [0, 0.05) is 64.7 Å². The number of aromatic nitrogens is 2. The highest BCUT2D eigenvalue weighted by atomic mass is 35.5. The predicted molar refractivity (Wildman–Crippen MR) is 113 cm³/mol. The maximum absolute atomic E-state index is 11.7. The molecule has 0 saturated carbocycles. The van der Waals surface area contributed by atoms with Crippen molar-refractivity contribution in [3.05, 3.63) is 64.9 Å². The van der Waals surface area contributed by atoms with Crippen LogP contribution in [0.1, 0.15) is 11.3 Å². The highest BCUT2D eigenvalue weighted by Crippen LogP contribution is 2.34. The largest absolute Gasteiger partial charge is 0.367 e. The molecule has 5 nitrogen and oxygen atoms in total. The van der Waals surface area contributed by atoms with Gasteiger partial charge >= 0.3 is 0 Å². The van der Waals surface area contributed by atoms with Crippen LogP contribution < -0.4 is 4.90 Å². The first kappa shape index (κ1) is 17.5. The molecular weight excluding hydrogens is 394 g/mol. The van der Waals surface area contributed by atoms with Crippen LogP contribution in [0.4, 0.5) is 5.69 Å². The summed E-state index contributed by atoms with van der Waals surface area (Å²) in [6, 6.07) is 12.9. The van der Waals surface area contributed by atoms with Crippen molar-refractivity contribution in [2.75, 3.05) is 17.7 Å². The average molecular weight is 412 g/mol. The maximum Gasteiger partial charge on any atom is 0.175 e. The van der Waals surface area contributed by atoms with Crippen molar-refractivity contribution in [2.24, 2.45) is 0 Å². The van der Waals surface area contributed by atoms with E-state index in [9.17, 15) is 8.42 Å². The van der Waals surface area contributed by atoms with Gasteiger partial charge in [-0.1, -0.05) is 11.6 Å². The SMILES string of the molecule is CS(=O)(=O)c1ccc(N2CCc3[nH]c4c(cnc5cc(Cl)ccc54)c3C2)cc1. The molecule has 1 aliphatic rings. The zero-order valence-electron chi connectivity index (χ0n) is 15.2. The molecule has 0 radical (unpaired) electrons. The highest BCUT2D eigenvalue weighted by Gasteiger charge is 2.22. The van der Waals surface area contributed by atoms with Crippen molar-refractivity contribution in [1.82, 2.24) is 9.97 Å². The van der Waals surface area contributed by atoms with E-state index in [1.807, 2.05) is 36.5 Å². The minimum atomic E-state index is -3.18. The van der Waals surface area contributed by atoms with E-state index in [-0.39, 0.29) is 0 Å². The van der Waals surface area contributed by atoms with Crippen LogP contribution >= 0.6 is 11.6 Å². The summed E-state index contributed by atoms with van der Waals surface area (Å²) in [5.74, 6) is 0. The first-order valence-electron chi connectivity index (χ1n) is 9.03. The minimum absolute atomic E-state index is 0.343. The molecule has 5 rings (SSSR count). The lowest BCUT2D eigenvalue weighted by Gasteiger charge is -2.29. The zero-order chi connectivity index (χ0) is 19.5. The van der Waals surface area contributed by atoms with E-state index in [1.165, 1.54) is 17.5 Å². The number of benzene rings is 2. The zero-order valence-corrected chi connectivity index (χ0v) is 16.8. The second-order valence-electron chi connectivity index (χ2n) is 7.23. The van der Waals surface area contributed by atoms with Gasteiger partial charge in [-0.25, -0.2) is 8.42 Å². The number of aromatic amines is 1.